The van der Waals surface area contributed by atoms with E-state index in [1.54, 1.807) is 26.0 Å². The fourth-order valence-corrected chi connectivity index (χ4v) is 21.8. The standard InChI is InChI=1S/C53H76BN3O8.C52H75BN4O8/c1-8-10-12-16-40(31-44(58)39-24-22-38(23-25-39)37-20-18-36(19-21-37)15-11-9-2)51(63)57-43-26-27-49(61)55-28-14-13-17-42(56-50(62)34(3)29-45(43)59)46(60)30-35(4)54-64-48-33-41-32-47(52(41,5)6)53(48,7)65-54;1-7-8-13-35-16-18-36(19-17-35)37-20-22-38(23-21-37)43(58)30-39(14-9-11-26-54)50(63)57-42-24-25-48(61)55-27-12-10-15-41(56-49(62)33(2)28-44(42)59)45(60)29-34(3)53-64-47-32-40-31-46(51(40,4)5)52(47,6)65-53/h18-25,34-35,40-43,47-48H,8-17,26-33H2,1-7H3,(H,55,61)(H,56,62)(H,57,63);16-23,33-34,39-42,46-47H,7-15,24-32,54H2,1-6H3,(H,55,61)(H,56,62)(H,57,63)/t34-,35-,40-,41+,42+,43+,47+,48-,53+;33-,34-,39-,40+,41+,42+,46+,47-,52+/m11/s1. The number of Topliss-reactive ketones (excluding diaryl/α,β-unsaturated/α-hetero) is 6. The summed E-state index contributed by atoms with van der Waals surface area (Å²) >= 11 is 0. The zero-order valence-corrected chi connectivity index (χ0v) is 80.2. The predicted octanol–water partition coefficient (Wildman–Crippen LogP) is 16.9. The van der Waals surface area contributed by atoms with Crippen molar-refractivity contribution in [2.75, 3.05) is 19.6 Å². The van der Waals surface area contributed by atoms with Crippen LogP contribution in [0.25, 0.3) is 22.3 Å². The average Bonchev–Trinajstić information content (AvgIpc) is 1.44. The molecule has 23 nitrogen and oxygen atoms in total. The van der Waals surface area contributed by atoms with Gasteiger partial charge in [-0.2, -0.15) is 0 Å². The molecule has 6 aliphatic carbocycles. The van der Waals surface area contributed by atoms with Crippen LogP contribution in [0.15, 0.2) is 97.1 Å². The van der Waals surface area contributed by atoms with E-state index in [0.29, 0.717) is 119 Å². The molecule has 0 unspecified atom stereocenters. The van der Waals surface area contributed by atoms with Gasteiger partial charge in [0.15, 0.2) is 34.7 Å². The molecule has 10 fully saturated rings. The molecule has 8 N–H and O–H groups in total. The van der Waals surface area contributed by atoms with E-state index in [-0.39, 0.29) is 145 Å². The molecule has 14 rings (SSSR count). The van der Waals surface area contributed by atoms with Crippen molar-refractivity contribution >= 4 is 84.4 Å². The lowest BCUT2D eigenvalue weighted by Crippen LogP contribution is -2.65. The molecule has 18 atom stereocenters. The number of hydrogen-bond donors (Lipinski definition) is 7. The Balaban J connectivity index is 0.000000251. The number of ketones is 6. The summed E-state index contributed by atoms with van der Waals surface area (Å²) in [7, 11) is -1.03. The quantitative estimate of drug-likeness (QED) is 0.0130. The Kier molecular flexibility index (Phi) is 37.0. The topological polar surface area (TPSA) is 340 Å². The Morgan fingerprint density at radius 3 is 1.18 bits per heavy atom. The molecule has 0 aromatic heterocycles. The SMILES string of the molecule is CCCCC[C@H](CC(=O)c1ccc(-c2ccc(CCCC)cc2)cc1)C(=O)N[C@H]1CCC(=O)NCCCC[C@@H](C(=O)C[C@@H](C)B2O[C@@H]3C[C@@H]4C[C@@H](C4(C)C)[C@]3(C)O2)NC(=O)[C@H](C)CC1=O.CCCCc1ccc(-c2ccc(C(=O)C[C@@H](CCCCN)C(=O)N[C@H]3CCC(=O)NCCCC[C@@H](C(=O)C[C@@H](C)B4O[C@@H]5C[C@@H]6C[C@@H](C6(C)C)[C@]5(C)O4)NC(=O)[C@H](C)CC3=O)cc2)cc1. The summed E-state index contributed by atoms with van der Waals surface area (Å²) < 4.78 is 26.3. The Bertz CT molecular complexity index is 4260. The van der Waals surface area contributed by atoms with Crippen molar-refractivity contribution in [3.8, 4) is 22.3 Å². The van der Waals surface area contributed by atoms with Gasteiger partial charge in [0, 0.05) is 99.3 Å². The van der Waals surface area contributed by atoms with Crippen molar-refractivity contribution in [1.29, 1.82) is 0 Å². The van der Waals surface area contributed by atoms with Gasteiger partial charge in [0.1, 0.15) is 0 Å². The van der Waals surface area contributed by atoms with E-state index in [9.17, 15) is 57.5 Å². The lowest BCUT2D eigenvalue weighted by atomic mass is 9.43. The largest absolute Gasteiger partial charge is 0.461 e. The second kappa shape index (κ2) is 47.0. The summed E-state index contributed by atoms with van der Waals surface area (Å²) in [5.74, 6) is -5.01. The Morgan fingerprint density at radius 2 is 0.823 bits per heavy atom. The monoisotopic (exact) mass is 1790 g/mol. The number of carbonyl (C=O) groups is 12. The van der Waals surface area contributed by atoms with Crippen molar-refractivity contribution in [1.82, 2.24) is 31.9 Å². The lowest BCUT2D eigenvalue weighted by molar-refractivity contribution is -0.199. The van der Waals surface area contributed by atoms with Crippen LogP contribution in [-0.4, -0.2) is 152 Å². The number of carbonyl (C=O) groups excluding carboxylic acids is 12. The molecule has 4 aliphatic heterocycles. The highest BCUT2D eigenvalue weighted by Gasteiger charge is 2.70. The number of nitrogens with two attached hydrogens (primary N) is 1. The van der Waals surface area contributed by atoms with Gasteiger partial charge in [0.2, 0.25) is 35.4 Å². The summed E-state index contributed by atoms with van der Waals surface area (Å²) in [5, 5.41) is 17.6. The van der Waals surface area contributed by atoms with Gasteiger partial charge in [-0.05, 0) is 222 Å². The zero-order valence-electron chi connectivity index (χ0n) is 80.2. The Morgan fingerprint density at radius 1 is 0.462 bits per heavy atom. The first-order chi connectivity index (χ1) is 62.1. The Hall–Kier alpha value is -8.35. The molecule has 130 heavy (non-hydrogen) atoms. The molecule has 4 aromatic rings. The van der Waals surface area contributed by atoms with Gasteiger partial charge in [-0.1, -0.05) is 212 Å². The van der Waals surface area contributed by atoms with Crippen LogP contribution in [0.1, 0.15) is 321 Å². The highest BCUT2D eigenvalue weighted by molar-refractivity contribution is 6.48. The summed E-state index contributed by atoms with van der Waals surface area (Å²) in [4.78, 5) is 165. The number of amides is 6. The number of benzene rings is 4. The minimum absolute atomic E-state index is 0.000706. The zero-order chi connectivity index (χ0) is 93.8. The number of nitrogens with one attached hydrogen (secondary N) is 6. The summed E-state index contributed by atoms with van der Waals surface area (Å²) in [6, 6.07) is 28.2. The summed E-state index contributed by atoms with van der Waals surface area (Å²) in [5.41, 5.74) is 13.1. The minimum atomic E-state index is -1.06. The number of unbranched alkanes of at least 4 members (excludes halogenated alkanes) is 5. The fraction of sp³-hybridized carbons (Fsp3) is 0.657. The van der Waals surface area contributed by atoms with E-state index in [0.717, 1.165) is 106 Å². The molecule has 4 aromatic carbocycles. The molecular formula is C105H151B2N7O16. The molecule has 708 valence electrons. The molecule has 4 saturated heterocycles. The van der Waals surface area contributed by atoms with E-state index in [1.165, 1.54) is 11.1 Å². The van der Waals surface area contributed by atoms with Crippen LogP contribution in [0.5, 0.6) is 0 Å². The average molecular weight is 1790 g/mol. The molecule has 6 saturated carbocycles. The molecule has 0 spiro atoms. The van der Waals surface area contributed by atoms with Crippen molar-refractivity contribution in [2.24, 2.45) is 63.9 Å². The first-order valence-electron chi connectivity index (χ1n) is 49.7. The molecule has 6 amide bonds. The van der Waals surface area contributed by atoms with Crippen LogP contribution in [0, 0.1) is 58.2 Å². The number of aryl methyl sites for hydroxylation is 2. The Labute approximate surface area is 774 Å². The molecule has 0 radical (unpaired) electrons. The molecule has 25 heteroatoms. The van der Waals surface area contributed by atoms with E-state index in [4.69, 9.17) is 24.4 Å². The van der Waals surface area contributed by atoms with Gasteiger partial charge in [-0.15, -0.1) is 0 Å². The normalized spacial score (nSPS) is 28.0. The van der Waals surface area contributed by atoms with E-state index in [1.807, 2.05) is 50.2 Å². The third kappa shape index (κ3) is 26.2. The van der Waals surface area contributed by atoms with Crippen LogP contribution in [-0.2, 0) is 79.4 Å². The summed E-state index contributed by atoms with van der Waals surface area (Å²) in [6.45, 7) is 28.4. The van der Waals surface area contributed by atoms with Gasteiger partial charge >= 0.3 is 14.2 Å². The third-order valence-corrected chi connectivity index (χ3v) is 30.8. The molecule has 10 aliphatic rings. The number of rotatable bonds is 34. The maximum absolute atomic E-state index is 14.1. The second-order valence-corrected chi connectivity index (χ2v) is 41.3. The van der Waals surface area contributed by atoms with Crippen LogP contribution in [0.2, 0.25) is 11.6 Å². The van der Waals surface area contributed by atoms with E-state index < -0.39 is 97.1 Å². The van der Waals surface area contributed by atoms with Crippen molar-refractivity contribution in [3.05, 3.63) is 119 Å². The highest BCUT2D eigenvalue weighted by atomic mass is 16.7. The van der Waals surface area contributed by atoms with Crippen molar-refractivity contribution in [2.45, 2.75) is 361 Å². The predicted molar refractivity (Wildman–Crippen MR) is 509 cm³/mol. The van der Waals surface area contributed by atoms with Crippen LogP contribution in [0.3, 0.4) is 0 Å². The van der Waals surface area contributed by atoms with Crippen molar-refractivity contribution < 1.29 is 76.2 Å². The molecule has 4 heterocycles. The van der Waals surface area contributed by atoms with Gasteiger partial charge in [-0.3, -0.25) is 57.5 Å². The van der Waals surface area contributed by atoms with E-state index in [2.05, 4.69) is 143 Å². The molecular weight excluding hydrogens is 1640 g/mol. The fourth-order valence-electron chi connectivity index (χ4n) is 21.8. The maximum Gasteiger partial charge on any atom is 0.461 e. The first kappa shape index (κ1) is 102. The van der Waals surface area contributed by atoms with Crippen molar-refractivity contribution in [3.63, 3.8) is 0 Å². The van der Waals surface area contributed by atoms with Gasteiger partial charge < -0.3 is 56.3 Å². The highest BCUT2D eigenvalue weighted by Crippen LogP contribution is 2.67. The summed E-state index contributed by atoms with van der Waals surface area (Å²) in [6.07, 6.45) is 18.7. The minimum Gasteiger partial charge on any atom is -0.405 e. The van der Waals surface area contributed by atoms with Crippen LogP contribution in [0.4, 0.5) is 0 Å². The maximum atomic E-state index is 14.1. The molecule has 4 bridgehead atoms. The van der Waals surface area contributed by atoms with E-state index >= 15 is 0 Å². The smallest absolute Gasteiger partial charge is 0.405 e. The number of hydrogen-bond acceptors (Lipinski definition) is 17. The van der Waals surface area contributed by atoms with Crippen LogP contribution >= 0.6 is 0 Å². The van der Waals surface area contributed by atoms with Crippen LogP contribution < -0.4 is 37.6 Å². The third-order valence-electron chi connectivity index (χ3n) is 30.8. The second-order valence-electron chi connectivity index (χ2n) is 41.3. The van der Waals surface area contributed by atoms with Gasteiger partial charge in [0.25, 0.3) is 0 Å². The lowest BCUT2D eigenvalue weighted by Gasteiger charge is -2.64. The van der Waals surface area contributed by atoms with Gasteiger partial charge in [-0.25, -0.2) is 0 Å². The van der Waals surface area contributed by atoms with Gasteiger partial charge in [0.05, 0.1) is 47.6 Å². The first-order valence-corrected chi connectivity index (χ1v) is 49.7.